The Hall–Kier alpha value is -2.37. The van der Waals surface area contributed by atoms with Crippen LogP contribution in [0.3, 0.4) is 0 Å². The van der Waals surface area contributed by atoms with Gasteiger partial charge in [-0.3, -0.25) is 14.4 Å². The Bertz CT molecular complexity index is 614. The highest BCUT2D eigenvalue weighted by Crippen LogP contribution is 2.23. The van der Waals surface area contributed by atoms with Gasteiger partial charge in [-0.2, -0.15) is 0 Å². The summed E-state index contributed by atoms with van der Waals surface area (Å²) in [6.07, 6.45) is 1.38. The molecular formula is C15H17N3O3. The normalized spacial score (nSPS) is 20.8. The predicted octanol–water partition coefficient (Wildman–Crippen LogP) is 0.119. The molecular weight excluding hydrogens is 270 g/mol. The first-order valence-electron chi connectivity index (χ1n) is 7.04. The van der Waals surface area contributed by atoms with Crippen molar-refractivity contribution in [2.24, 2.45) is 5.73 Å². The molecule has 2 heterocycles. The van der Waals surface area contributed by atoms with Gasteiger partial charge >= 0.3 is 0 Å². The minimum atomic E-state index is -0.530. The third-order valence-corrected chi connectivity index (χ3v) is 4.12. The van der Waals surface area contributed by atoms with Crippen molar-refractivity contribution in [1.82, 2.24) is 9.80 Å². The lowest BCUT2D eigenvalue weighted by Gasteiger charge is -2.25. The van der Waals surface area contributed by atoms with Crippen LogP contribution in [0.25, 0.3) is 0 Å². The van der Waals surface area contributed by atoms with Gasteiger partial charge in [-0.25, -0.2) is 0 Å². The fraction of sp³-hybridized carbons (Fsp3) is 0.400. The molecule has 0 spiro atoms. The maximum Gasteiger partial charge on any atom is 0.254 e. The number of carbonyl (C=O) groups excluding carboxylic acids is 3. The van der Waals surface area contributed by atoms with Gasteiger partial charge in [0, 0.05) is 18.7 Å². The average Bonchev–Trinajstić information content (AvgIpc) is 3.05. The van der Waals surface area contributed by atoms with E-state index in [0.29, 0.717) is 25.1 Å². The number of amides is 3. The van der Waals surface area contributed by atoms with Crippen LogP contribution in [0, 0.1) is 0 Å². The molecule has 3 rings (SSSR count). The minimum Gasteiger partial charge on any atom is -0.368 e. The van der Waals surface area contributed by atoms with Gasteiger partial charge in [0.15, 0.2) is 0 Å². The second kappa shape index (κ2) is 5.20. The van der Waals surface area contributed by atoms with Crippen molar-refractivity contribution >= 4 is 17.7 Å². The molecule has 0 aliphatic carbocycles. The predicted molar refractivity (Wildman–Crippen MR) is 75.1 cm³/mol. The Kier molecular flexibility index (Phi) is 3.37. The van der Waals surface area contributed by atoms with Gasteiger partial charge < -0.3 is 15.5 Å². The van der Waals surface area contributed by atoms with E-state index in [0.717, 1.165) is 12.0 Å². The summed E-state index contributed by atoms with van der Waals surface area (Å²) in [5.74, 6) is -0.817. The second-order valence-electron chi connectivity index (χ2n) is 5.47. The topological polar surface area (TPSA) is 83.7 Å². The van der Waals surface area contributed by atoms with Crippen LogP contribution in [0.5, 0.6) is 0 Å². The highest BCUT2D eigenvalue weighted by atomic mass is 16.2. The van der Waals surface area contributed by atoms with Gasteiger partial charge in [0.25, 0.3) is 5.91 Å². The number of primary amides is 1. The van der Waals surface area contributed by atoms with Crippen LogP contribution in [0.1, 0.15) is 28.8 Å². The molecule has 0 bridgehead atoms. The molecule has 2 aliphatic rings. The molecule has 6 nitrogen and oxygen atoms in total. The quantitative estimate of drug-likeness (QED) is 0.857. The first kappa shape index (κ1) is 13.6. The molecule has 1 atom stereocenters. The Morgan fingerprint density at radius 2 is 2.05 bits per heavy atom. The molecule has 110 valence electrons. The lowest BCUT2D eigenvalue weighted by Crippen LogP contribution is -2.47. The maximum atomic E-state index is 12.3. The third kappa shape index (κ3) is 2.37. The first-order chi connectivity index (χ1) is 10.1. The molecule has 0 radical (unpaired) electrons. The average molecular weight is 287 g/mol. The number of carbonyl (C=O) groups is 3. The molecule has 21 heavy (non-hydrogen) atoms. The molecule has 1 unspecified atom stereocenters. The molecule has 6 heteroatoms. The van der Waals surface area contributed by atoms with Crippen molar-refractivity contribution in [3.63, 3.8) is 0 Å². The smallest absolute Gasteiger partial charge is 0.254 e. The molecule has 1 fully saturated rings. The molecule has 2 aliphatic heterocycles. The van der Waals surface area contributed by atoms with Crippen LogP contribution in [0.15, 0.2) is 24.3 Å². The summed E-state index contributed by atoms with van der Waals surface area (Å²) in [6, 6.07) is 6.81. The fourth-order valence-corrected chi connectivity index (χ4v) is 3.06. The lowest BCUT2D eigenvalue weighted by atomic mass is 10.1. The van der Waals surface area contributed by atoms with Crippen LogP contribution in [0.2, 0.25) is 0 Å². The molecule has 1 aromatic carbocycles. The zero-order chi connectivity index (χ0) is 15.0. The van der Waals surface area contributed by atoms with Crippen LogP contribution < -0.4 is 5.73 Å². The van der Waals surface area contributed by atoms with Crippen LogP contribution in [-0.2, 0) is 16.1 Å². The van der Waals surface area contributed by atoms with Crippen molar-refractivity contribution in [3.8, 4) is 0 Å². The van der Waals surface area contributed by atoms with E-state index >= 15 is 0 Å². The van der Waals surface area contributed by atoms with Gasteiger partial charge in [-0.15, -0.1) is 0 Å². The molecule has 0 saturated carbocycles. The Morgan fingerprint density at radius 3 is 2.76 bits per heavy atom. The van der Waals surface area contributed by atoms with Crippen molar-refractivity contribution in [2.75, 3.05) is 13.1 Å². The largest absolute Gasteiger partial charge is 0.368 e. The molecule has 0 aromatic heterocycles. The van der Waals surface area contributed by atoms with Crippen molar-refractivity contribution in [2.45, 2.75) is 25.4 Å². The summed E-state index contributed by atoms with van der Waals surface area (Å²) in [5, 5.41) is 0. The van der Waals surface area contributed by atoms with Crippen molar-refractivity contribution < 1.29 is 14.4 Å². The zero-order valence-corrected chi connectivity index (χ0v) is 11.6. The molecule has 2 N–H and O–H groups in total. The number of likely N-dealkylation sites (tertiary alicyclic amines) is 1. The van der Waals surface area contributed by atoms with E-state index < -0.39 is 11.9 Å². The summed E-state index contributed by atoms with van der Waals surface area (Å²) in [5.41, 5.74) is 6.90. The lowest BCUT2D eigenvalue weighted by molar-refractivity contribution is -0.137. The molecule has 1 saturated heterocycles. The van der Waals surface area contributed by atoms with E-state index in [1.807, 2.05) is 18.2 Å². The summed E-state index contributed by atoms with van der Waals surface area (Å²) in [7, 11) is 0. The zero-order valence-electron chi connectivity index (χ0n) is 11.6. The third-order valence-electron chi connectivity index (χ3n) is 4.12. The Labute approximate surface area is 122 Å². The number of fused-ring (bicyclic) bond motifs is 1. The van der Waals surface area contributed by atoms with Gasteiger partial charge in [-0.05, 0) is 24.5 Å². The van der Waals surface area contributed by atoms with Crippen molar-refractivity contribution in [3.05, 3.63) is 35.4 Å². The van der Waals surface area contributed by atoms with E-state index in [2.05, 4.69) is 0 Å². The van der Waals surface area contributed by atoms with E-state index in [-0.39, 0.29) is 18.4 Å². The molecule has 1 aromatic rings. The van der Waals surface area contributed by atoms with Crippen LogP contribution >= 0.6 is 0 Å². The minimum absolute atomic E-state index is 0.00269. The number of nitrogens with two attached hydrogens (primary N) is 1. The fourth-order valence-electron chi connectivity index (χ4n) is 3.06. The summed E-state index contributed by atoms with van der Waals surface area (Å²) >= 11 is 0. The number of hydrogen-bond acceptors (Lipinski definition) is 3. The number of hydrogen-bond donors (Lipinski definition) is 1. The number of benzene rings is 1. The molecule has 3 amide bonds. The monoisotopic (exact) mass is 287 g/mol. The summed E-state index contributed by atoms with van der Waals surface area (Å²) in [4.78, 5) is 38.9. The van der Waals surface area contributed by atoms with E-state index in [9.17, 15) is 14.4 Å². The van der Waals surface area contributed by atoms with Gasteiger partial charge in [0.1, 0.15) is 12.6 Å². The van der Waals surface area contributed by atoms with Crippen molar-refractivity contribution in [1.29, 1.82) is 0 Å². The standard InChI is InChI=1S/C15H17N3O3/c16-14(20)12-6-3-7-18(12)13(19)9-17-8-10-4-1-2-5-11(10)15(17)21/h1-2,4-5,12H,3,6-9H2,(H2,16,20). The second-order valence-corrected chi connectivity index (χ2v) is 5.47. The maximum absolute atomic E-state index is 12.3. The van der Waals surface area contributed by atoms with Gasteiger partial charge in [-0.1, -0.05) is 18.2 Å². The van der Waals surface area contributed by atoms with E-state index in [1.165, 1.54) is 9.80 Å². The highest BCUT2D eigenvalue weighted by molar-refractivity contribution is 6.00. The number of rotatable bonds is 3. The Balaban J connectivity index is 1.70. The summed E-state index contributed by atoms with van der Waals surface area (Å²) < 4.78 is 0. The van der Waals surface area contributed by atoms with E-state index in [1.54, 1.807) is 6.07 Å². The summed E-state index contributed by atoms with van der Waals surface area (Å²) in [6.45, 7) is 0.967. The van der Waals surface area contributed by atoms with Crippen LogP contribution in [0.4, 0.5) is 0 Å². The highest BCUT2D eigenvalue weighted by Gasteiger charge is 2.35. The van der Waals surface area contributed by atoms with E-state index in [4.69, 9.17) is 5.73 Å². The first-order valence-corrected chi connectivity index (χ1v) is 7.04. The Morgan fingerprint density at radius 1 is 1.29 bits per heavy atom. The number of nitrogens with zero attached hydrogens (tertiary/aromatic N) is 2. The van der Waals surface area contributed by atoms with Gasteiger partial charge in [0.2, 0.25) is 11.8 Å². The van der Waals surface area contributed by atoms with Crippen LogP contribution in [-0.4, -0.2) is 46.7 Å². The SMILES string of the molecule is NC(=O)C1CCCN1C(=O)CN1Cc2ccccc2C1=O. The van der Waals surface area contributed by atoms with Gasteiger partial charge in [0.05, 0.1) is 0 Å².